The van der Waals surface area contributed by atoms with Crippen molar-refractivity contribution in [1.29, 1.82) is 0 Å². The molecular formula is C16H16ClFN4O. The van der Waals surface area contributed by atoms with Crippen molar-refractivity contribution in [2.45, 2.75) is 6.92 Å². The van der Waals surface area contributed by atoms with Crippen LogP contribution >= 0.6 is 11.6 Å². The minimum Gasteiger partial charge on any atom is -0.274 e. The maximum absolute atomic E-state index is 13.1. The molecule has 7 heteroatoms. The van der Waals surface area contributed by atoms with E-state index in [1.165, 1.54) is 12.1 Å². The molecule has 0 bridgehead atoms. The number of carbonyl (C=O) groups excluding carboxylic acids is 1. The second-order valence-electron chi connectivity index (χ2n) is 4.83. The average Bonchev–Trinajstić information content (AvgIpc) is 2.53. The summed E-state index contributed by atoms with van der Waals surface area (Å²) in [5.74, 6) is 10.5. The van der Waals surface area contributed by atoms with Crippen molar-refractivity contribution in [3.8, 4) is 0 Å². The van der Waals surface area contributed by atoms with Gasteiger partial charge in [-0.05, 0) is 42.3 Å². The predicted molar refractivity (Wildman–Crippen MR) is 90.9 cm³/mol. The first kappa shape index (κ1) is 17.0. The fraction of sp³-hybridized carbons (Fsp3) is 0.0625. The van der Waals surface area contributed by atoms with Crippen LogP contribution in [0.5, 0.6) is 0 Å². The minimum absolute atomic E-state index is 0.300. The summed E-state index contributed by atoms with van der Waals surface area (Å²) in [6, 6.07) is 8.77. The van der Waals surface area contributed by atoms with Gasteiger partial charge >= 0.3 is 6.03 Å². The van der Waals surface area contributed by atoms with Gasteiger partial charge in [0.25, 0.3) is 0 Å². The van der Waals surface area contributed by atoms with E-state index in [-0.39, 0.29) is 5.82 Å². The SMILES string of the molecule is Cc1cc(F)ccc1/C=C/c1c(Cl)cccc1N(N)C(=O)NN. The second kappa shape index (κ2) is 7.23. The number of aryl methyl sites for hydroxylation is 1. The highest BCUT2D eigenvalue weighted by atomic mass is 35.5. The largest absolute Gasteiger partial charge is 0.350 e. The molecule has 2 aromatic rings. The Morgan fingerprint density at radius 1 is 1.30 bits per heavy atom. The van der Waals surface area contributed by atoms with E-state index in [1.54, 1.807) is 43.3 Å². The molecule has 2 rings (SSSR count). The number of hydrazine groups is 2. The summed E-state index contributed by atoms with van der Waals surface area (Å²) in [7, 11) is 0. The number of urea groups is 1. The summed E-state index contributed by atoms with van der Waals surface area (Å²) in [5, 5.41) is 1.28. The molecule has 5 nitrogen and oxygen atoms in total. The van der Waals surface area contributed by atoms with Crippen LogP contribution < -0.4 is 22.1 Å². The maximum Gasteiger partial charge on any atom is 0.350 e. The van der Waals surface area contributed by atoms with Crippen molar-refractivity contribution in [2.75, 3.05) is 5.01 Å². The molecule has 0 aliphatic carbocycles. The fourth-order valence-corrected chi connectivity index (χ4v) is 2.31. The van der Waals surface area contributed by atoms with Gasteiger partial charge in [0.05, 0.1) is 5.69 Å². The Labute approximate surface area is 138 Å². The summed E-state index contributed by atoms with van der Waals surface area (Å²) in [6.07, 6.45) is 3.48. The van der Waals surface area contributed by atoms with Crippen molar-refractivity contribution in [1.82, 2.24) is 5.43 Å². The zero-order chi connectivity index (χ0) is 17.0. The minimum atomic E-state index is -0.681. The molecule has 0 radical (unpaired) electrons. The van der Waals surface area contributed by atoms with Gasteiger partial charge in [0.15, 0.2) is 0 Å². The Bertz CT molecular complexity index is 764. The van der Waals surface area contributed by atoms with E-state index in [0.29, 0.717) is 16.3 Å². The predicted octanol–water partition coefficient (Wildman–Crippen LogP) is 3.22. The number of nitrogens with one attached hydrogen (secondary N) is 1. The Kier molecular flexibility index (Phi) is 5.33. The molecular weight excluding hydrogens is 319 g/mol. The van der Waals surface area contributed by atoms with Gasteiger partial charge in [0.2, 0.25) is 0 Å². The van der Waals surface area contributed by atoms with Crippen LogP contribution in [0.3, 0.4) is 0 Å². The van der Waals surface area contributed by atoms with E-state index < -0.39 is 6.03 Å². The number of amides is 2. The van der Waals surface area contributed by atoms with Gasteiger partial charge in [-0.3, -0.25) is 5.43 Å². The van der Waals surface area contributed by atoms with Crippen molar-refractivity contribution < 1.29 is 9.18 Å². The van der Waals surface area contributed by atoms with E-state index in [4.69, 9.17) is 23.3 Å². The van der Waals surface area contributed by atoms with E-state index in [2.05, 4.69) is 0 Å². The van der Waals surface area contributed by atoms with Crippen molar-refractivity contribution in [2.24, 2.45) is 11.7 Å². The molecule has 0 aliphatic rings. The topological polar surface area (TPSA) is 84.4 Å². The molecule has 0 aromatic heterocycles. The van der Waals surface area contributed by atoms with E-state index in [9.17, 15) is 9.18 Å². The average molecular weight is 335 g/mol. The Balaban J connectivity index is 2.43. The van der Waals surface area contributed by atoms with Crippen molar-refractivity contribution >= 4 is 35.5 Å². The molecule has 2 amide bonds. The number of hydrogen-bond acceptors (Lipinski definition) is 3. The first-order valence-corrected chi connectivity index (χ1v) is 7.10. The lowest BCUT2D eigenvalue weighted by molar-refractivity contribution is 0.246. The van der Waals surface area contributed by atoms with Gasteiger partial charge in [-0.25, -0.2) is 25.9 Å². The molecule has 0 heterocycles. The number of carbonyl (C=O) groups is 1. The lowest BCUT2D eigenvalue weighted by Gasteiger charge is -2.18. The number of benzene rings is 2. The van der Waals surface area contributed by atoms with E-state index >= 15 is 0 Å². The Morgan fingerprint density at radius 3 is 2.70 bits per heavy atom. The third kappa shape index (κ3) is 3.87. The monoisotopic (exact) mass is 334 g/mol. The van der Waals surface area contributed by atoms with Crippen LogP contribution in [-0.4, -0.2) is 6.03 Å². The number of halogens is 2. The van der Waals surface area contributed by atoms with Crippen LogP contribution in [-0.2, 0) is 0 Å². The van der Waals surface area contributed by atoms with Gasteiger partial charge in [0.1, 0.15) is 5.82 Å². The Hall–Kier alpha value is -2.41. The molecule has 0 fully saturated rings. The first-order chi connectivity index (χ1) is 10.9. The van der Waals surface area contributed by atoms with Gasteiger partial charge in [-0.2, -0.15) is 0 Å². The lowest BCUT2D eigenvalue weighted by Crippen LogP contribution is -2.47. The summed E-state index contributed by atoms with van der Waals surface area (Å²) >= 11 is 6.20. The highest BCUT2D eigenvalue weighted by Gasteiger charge is 2.15. The quantitative estimate of drug-likeness (QED) is 0.349. The normalized spacial score (nSPS) is 10.8. The molecule has 120 valence electrons. The van der Waals surface area contributed by atoms with E-state index in [0.717, 1.165) is 16.1 Å². The van der Waals surface area contributed by atoms with Crippen molar-refractivity contribution in [3.05, 3.63) is 63.9 Å². The molecule has 0 spiro atoms. The zero-order valence-electron chi connectivity index (χ0n) is 12.4. The third-order valence-corrected chi connectivity index (χ3v) is 3.62. The Morgan fingerprint density at radius 2 is 2.04 bits per heavy atom. The first-order valence-electron chi connectivity index (χ1n) is 6.72. The van der Waals surface area contributed by atoms with Gasteiger partial charge in [-0.1, -0.05) is 35.9 Å². The van der Waals surface area contributed by atoms with E-state index in [1.807, 2.05) is 5.43 Å². The van der Waals surface area contributed by atoms with Crippen LogP contribution in [0.15, 0.2) is 36.4 Å². The number of nitrogens with zero attached hydrogens (tertiary/aromatic N) is 1. The summed E-state index contributed by atoms with van der Waals surface area (Å²) in [6.45, 7) is 1.80. The molecule has 0 aliphatic heterocycles. The lowest BCUT2D eigenvalue weighted by atomic mass is 10.1. The van der Waals surface area contributed by atoms with Crippen LogP contribution in [0.25, 0.3) is 12.2 Å². The van der Waals surface area contributed by atoms with Gasteiger partial charge in [0, 0.05) is 10.6 Å². The van der Waals surface area contributed by atoms with Crippen LogP contribution in [0.1, 0.15) is 16.7 Å². The molecule has 5 N–H and O–H groups in total. The van der Waals surface area contributed by atoms with Crippen molar-refractivity contribution in [3.63, 3.8) is 0 Å². The second-order valence-corrected chi connectivity index (χ2v) is 5.23. The summed E-state index contributed by atoms with van der Waals surface area (Å²) < 4.78 is 13.1. The molecule has 0 saturated carbocycles. The molecule has 0 saturated heterocycles. The highest BCUT2D eigenvalue weighted by molar-refractivity contribution is 6.32. The molecule has 23 heavy (non-hydrogen) atoms. The zero-order valence-corrected chi connectivity index (χ0v) is 13.1. The molecule has 0 atom stereocenters. The number of rotatable bonds is 3. The molecule has 2 aromatic carbocycles. The maximum atomic E-state index is 13.1. The molecule has 0 unspecified atom stereocenters. The van der Waals surface area contributed by atoms with Crippen LogP contribution in [0.2, 0.25) is 5.02 Å². The smallest absolute Gasteiger partial charge is 0.274 e. The summed E-state index contributed by atoms with van der Waals surface area (Å²) in [5.41, 5.74) is 4.48. The van der Waals surface area contributed by atoms with Gasteiger partial charge in [-0.15, -0.1) is 0 Å². The number of nitrogens with two attached hydrogens (primary N) is 2. The number of anilines is 1. The van der Waals surface area contributed by atoms with Crippen LogP contribution in [0.4, 0.5) is 14.9 Å². The van der Waals surface area contributed by atoms with Gasteiger partial charge < -0.3 is 0 Å². The highest BCUT2D eigenvalue weighted by Crippen LogP contribution is 2.28. The standard InChI is InChI=1S/C16H16ClFN4O/c1-10-9-12(18)7-5-11(10)6-8-13-14(17)3-2-4-15(13)22(20)16(23)21-19/h2-9H,19-20H2,1H3,(H,21,23)/b8-6+. The summed E-state index contributed by atoms with van der Waals surface area (Å²) in [4.78, 5) is 11.6. The van der Waals surface area contributed by atoms with Crippen LogP contribution in [0, 0.1) is 12.7 Å². The fourth-order valence-electron chi connectivity index (χ4n) is 2.08. The third-order valence-electron chi connectivity index (χ3n) is 3.29. The number of hydrogen-bond donors (Lipinski definition) is 3.